The summed E-state index contributed by atoms with van der Waals surface area (Å²) in [6, 6.07) is 0.396. The SMILES string of the molecule is CN(Cc1noc2c1CCCC2)C(=O)C1CC(=O)N(C2CC2)C1. The van der Waals surface area contributed by atoms with E-state index < -0.39 is 0 Å². The third-order valence-corrected chi connectivity index (χ3v) is 5.29. The summed E-state index contributed by atoms with van der Waals surface area (Å²) in [5, 5.41) is 4.17. The van der Waals surface area contributed by atoms with Crippen LogP contribution in [-0.4, -0.2) is 46.4 Å². The molecule has 0 spiro atoms. The van der Waals surface area contributed by atoms with E-state index >= 15 is 0 Å². The molecule has 2 heterocycles. The molecule has 4 rings (SSSR count). The van der Waals surface area contributed by atoms with E-state index in [1.165, 1.54) is 5.56 Å². The molecule has 23 heavy (non-hydrogen) atoms. The number of aryl methyl sites for hydroxylation is 1. The van der Waals surface area contributed by atoms with E-state index in [0.29, 0.717) is 25.6 Å². The van der Waals surface area contributed by atoms with E-state index in [1.54, 1.807) is 11.9 Å². The molecule has 1 unspecified atom stereocenters. The van der Waals surface area contributed by atoms with Gasteiger partial charge in [-0.15, -0.1) is 0 Å². The van der Waals surface area contributed by atoms with E-state index in [4.69, 9.17) is 4.52 Å². The Morgan fingerprint density at radius 2 is 2.13 bits per heavy atom. The summed E-state index contributed by atoms with van der Waals surface area (Å²) in [6.45, 7) is 1.06. The van der Waals surface area contributed by atoms with Crippen molar-refractivity contribution in [1.29, 1.82) is 0 Å². The molecule has 124 valence electrons. The molecular formula is C17H23N3O3. The van der Waals surface area contributed by atoms with Crippen LogP contribution < -0.4 is 0 Å². The van der Waals surface area contributed by atoms with Crippen molar-refractivity contribution in [2.45, 2.75) is 57.5 Å². The molecule has 1 saturated carbocycles. The maximum atomic E-state index is 12.7. The van der Waals surface area contributed by atoms with Gasteiger partial charge in [0.15, 0.2) is 0 Å². The number of hydrogen-bond donors (Lipinski definition) is 0. The average molecular weight is 317 g/mol. The van der Waals surface area contributed by atoms with Gasteiger partial charge < -0.3 is 14.3 Å². The molecule has 1 aromatic rings. The Kier molecular flexibility index (Phi) is 3.62. The molecule has 0 radical (unpaired) electrons. The van der Waals surface area contributed by atoms with Crippen LogP contribution in [0.25, 0.3) is 0 Å². The van der Waals surface area contributed by atoms with Crippen molar-refractivity contribution in [3.05, 3.63) is 17.0 Å². The number of amides is 2. The minimum Gasteiger partial charge on any atom is -0.361 e. The lowest BCUT2D eigenvalue weighted by molar-refractivity contribution is -0.135. The summed E-state index contributed by atoms with van der Waals surface area (Å²) in [6.07, 6.45) is 6.79. The van der Waals surface area contributed by atoms with Gasteiger partial charge in [-0.05, 0) is 32.1 Å². The van der Waals surface area contributed by atoms with Crippen LogP contribution >= 0.6 is 0 Å². The van der Waals surface area contributed by atoms with Gasteiger partial charge in [-0.2, -0.15) is 0 Å². The summed E-state index contributed by atoms with van der Waals surface area (Å²) >= 11 is 0. The van der Waals surface area contributed by atoms with Crippen LogP contribution in [0.3, 0.4) is 0 Å². The first-order valence-electron chi connectivity index (χ1n) is 8.64. The van der Waals surface area contributed by atoms with Crippen LogP contribution in [-0.2, 0) is 29.0 Å². The molecular weight excluding hydrogens is 294 g/mol. The van der Waals surface area contributed by atoms with Crippen LogP contribution in [0, 0.1) is 5.92 Å². The topological polar surface area (TPSA) is 66.7 Å². The van der Waals surface area contributed by atoms with Gasteiger partial charge in [0.25, 0.3) is 0 Å². The lowest BCUT2D eigenvalue weighted by atomic mass is 9.96. The molecule has 1 atom stereocenters. The minimum absolute atomic E-state index is 0.0501. The number of rotatable bonds is 4. The van der Waals surface area contributed by atoms with Gasteiger partial charge in [-0.25, -0.2) is 0 Å². The number of nitrogens with zero attached hydrogens (tertiary/aromatic N) is 3. The van der Waals surface area contributed by atoms with Crippen LogP contribution in [0.2, 0.25) is 0 Å². The number of hydrogen-bond acceptors (Lipinski definition) is 4. The summed E-state index contributed by atoms with van der Waals surface area (Å²) < 4.78 is 5.42. The van der Waals surface area contributed by atoms with Crippen molar-refractivity contribution in [2.24, 2.45) is 5.92 Å². The highest BCUT2D eigenvalue weighted by atomic mass is 16.5. The number of carbonyl (C=O) groups is 2. The highest BCUT2D eigenvalue weighted by Crippen LogP contribution is 2.33. The van der Waals surface area contributed by atoms with Crippen molar-refractivity contribution in [1.82, 2.24) is 15.0 Å². The van der Waals surface area contributed by atoms with E-state index in [9.17, 15) is 9.59 Å². The standard InChI is InChI=1S/C17H23N3O3/c1-19(10-14-13-4-2-3-5-15(13)23-18-14)17(22)11-8-16(21)20(9-11)12-6-7-12/h11-12H,2-10H2,1H3. The van der Waals surface area contributed by atoms with Gasteiger partial charge in [0.05, 0.1) is 12.5 Å². The second-order valence-electron chi connectivity index (χ2n) is 7.11. The average Bonchev–Trinajstić information content (AvgIpc) is 3.21. The Bertz CT molecular complexity index is 635. The van der Waals surface area contributed by atoms with Gasteiger partial charge in [-0.3, -0.25) is 9.59 Å². The first kappa shape index (κ1) is 14.7. The van der Waals surface area contributed by atoms with E-state index in [-0.39, 0.29) is 17.7 Å². The summed E-state index contributed by atoms with van der Waals surface area (Å²) in [5.74, 6) is 0.978. The van der Waals surface area contributed by atoms with Crippen LogP contribution in [0.1, 0.15) is 49.1 Å². The summed E-state index contributed by atoms with van der Waals surface area (Å²) in [7, 11) is 1.80. The smallest absolute Gasteiger partial charge is 0.228 e. The first-order chi connectivity index (χ1) is 11.1. The number of fused-ring (bicyclic) bond motifs is 1. The first-order valence-corrected chi connectivity index (χ1v) is 8.64. The van der Waals surface area contributed by atoms with Gasteiger partial charge in [0.2, 0.25) is 11.8 Å². The molecule has 2 aliphatic carbocycles. The number of likely N-dealkylation sites (tertiary alicyclic amines) is 1. The molecule has 2 fully saturated rings. The predicted octanol–water partition coefficient (Wildman–Crippen LogP) is 1.52. The maximum Gasteiger partial charge on any atom is 0.228 e. The molecule has 2 amide bonds. The largest absolute Gasteiger partial charge is 0.361 e. The molecule has 1 aromatic heterocycles. The molecule has 0 N–H and O–H groups in total. The number of aromatic nitrogens is 1. The van der Waals surface area contributed by atoms with Crippen LogP contribution in [0.4, 0.5) is 0 Å². The highest BCUT2D eigenvalue weighted by molar-refractivity contribution is 5.89. The zero-order valence-electron chi connectivity index (χ0n) is 13.6. The maximum absolute atomic E-state index is 12.7. The Morgan fingerprint density at radius 1 is 1.35 bits per heavy atom. The van der Waals surface area contributed by atoms with E-state index in [2.05, 4.69) is 5.16 Å². The third-order valence-electron chi connectivity index (χ3n) is 5.29. The zero-order valence-corrected chi connectivity index (χ0v) is 13.6. The van der Waals surface area contributed by atoms with Crippen molar-refractivity contribution >= 4 is 11.8 Å². The second kappa shape index (κ2) is 5.65. The normalized spacial score (nSPS) is 24.0. The van der Waals surface area contributed by atoms with Gasteiger partial charge in [0, 0.05) is 38.0 Å². The quantitative estimate of drug-likeness (QED) is 0.844. The summed E-state index contributed by atoms with van der Waals surface area (Å²) in [4.78, 5) is 28.3. The van der Waals surface area contributed by atoms with Crippen LogP contribution in [0.15, 0.2) is 4.52 Å². The van der Waals surface area contributed by atoms with Crippen molar-refractivity contribution < 1.29 is 14.1 Å². The van der Waals surface area contributed by atoms with Crippen molar-refractivity contribution in [2.75, 3.05) is 13.6 Å². The Hall–Kier alpha value is -1.85. The third kappa shape index (κ3) is 2.75. The fourth-order valence-electron chi connectivity index (χ4n) is 3.82. The molecule has 3 aliphatic rings. The van der Waals surface area contributed by atoms with Crippen molar-refractivity contribution in [3.63, 3.8) is 0 Å². The fourth-order valence-corrected chi connectivity index (χ4v) is 3.82. The highest BCUT2D eigenvalue weighted by Gasteiger charge is 2.42. The Labute approximate surface area is 135 Å². The Morgan fingerprint density at radius 3 is 2.91 bits per heavy atom. The second-order valence-corrected chi connectivity index (χ2v) is 7.11. The van der Waals surface area contributed by atoms with E-state index in [1.807, 2.05) is 4.90 Å². The van der Waals surface area contributed by atoms with Gasteiger partial charge >= 0.3 is 0 Å². The van der Waals surface area contributed by atoms with Crippen molar-refractivity contribution in [3.8, 4) is 0 Å². The number of carbonyl (C=O) groups excluding carboxylic acids is 2. The summed E-state index contributed by atoms with van der Waals surface area (Å²) in [5.41, 5.74) is 2.08. The van der Waals surface area contributed by atoms with Gasteiger partial charge in [-0.1, -0.05) is 5.16 Å². The molecule has 1 aliphatic heterocycles. The molecule has 6 heteroatoms. The fraction of sp³-hybridized carbons (Fsp3) is 0.706. The molecule has 1 saturated heterocycles. The lowest BCUT2D eigenvalue weighted by Crippen LogP contribution is -2.35. The lowest BCUT2D eigenvalue weighted by Gasteiger charge is -2.21. The Balaban J connectivity index is 1.41. The predicted molar refractivity (Wildman–Crippen MR) is 82.5 cm³/mol. The molecule has 6 nitrogen and oxygen atoms in total. The van der Waals surface area contributed by atoms with Gasteiger partial charge in [0.1, 0.15) is 11.5 Å². The monoisotopic (exact) mass is 317 g/mol. The minimum atomic E-state index is -0.198. The van der Waals surface area contributed by atoms with E-state index in [0.717, 1.165) is 50.0 Å². The van der Waals surface area contributed by atoms with Crippen LogP contribution in [0.5, 0.6) is 0 Å². The molecule has 0 aromatic carbocycles. The zero-order chi connectivity index (χ0) is 16.0. The molecule has 0 bridgehead atoms.